The van der Waals surface area contributed by atoms with Crippen molar-refractivity contribution < 1.29 is 4.79 Å². The van der Waals surface area contributed by atoms with Gasteiger partial charge in [-0.15, -0.1) is 0 Å². The highest BCUT2D eigenvalue weighted by Gasteiger charge is 2.24. The van der Waals surface area contributed by atoms with Crippen LogP contribution in [0.15, 0.2) is 18.2 Å². The van der Waals surface area contributed by atoms with E-state index in [1.54, 1.807) is 18.2 Å². The predicted octanol–water partition coefficient (Wildman–Crippen LogP) is 4.90. The second-order valence-corrected chi connectivity index (χ2v) is 7.47. The number of benzene rings is 1. The lowest BCUT2D eigenvalue weighted by Gasteiger charge is -2.30. The molecule has 0 radical (unpaired) electrons. The number of hydrogen-bond acceptors (Lipinski definition) is 2. The highest BCUT2D eigenvalue weighted by molar-refractivity contribution is 6.33. The van der Waals surface area contributed by atoms with E-state index < -0.39 is 0 Å². The highest BCUT2D eigenvalue weighted by Crippen LogP contribution is 2.32. The topological polar surface area (TPSA) is 43.1 Å². The smallest absolute Gasteiger partial charge is 0.137 e. The van der Waals surface area contributed by atoms with Gasteiger partial charge < -0.3 is 5.73 Å². The van der Waals surface area contributed by atoms with Crippen LogP contribution in [0, 0.1) is 11.3 Å². The van der Waals surface area contributed by atoms with Crippen molar-refractivity contribution in [3.8, 4) is 0 Å². The van der Waals surface area contributed by atoms with Crippen LogP contribution in [0.2, 0.25) is 10.0 Å². The van der Waals surface area contributed by atoms with Gasteiger partial charge >= 0.3 is 0 Å². The standard InChI is InChI=1S/C17H25Cl2NO/c1-17(2,3)13(8-9-20)4-6-15(21)11-12-10-14(18)5-7-16(12)19/h5,7,10,13H,4,6,8-9,11,20H2,1-3H3. The van der Waals surface area contributed by atoms with Gasteiger partial charge in [0, 0.05) is 22.9 Å². The van der Waals surface area contributed by atoms with Gasteiger partial charge in [0.2, 0.25) is 0 Å². The summed E-state index contributed by atoms with van der Waals surface area (Å²) in [5, 5.41) is 1.21. The summed E-state index contributed by atoms with van der Waals surface area (Å²) in [5.74, 6) is 0.659. The molecule has 21 heavy (non-hydrogen) atoms. The number of ketones is 1. The van der Waals surface area contributed by atoms with E-state index in [4.69, 9.17) is 28.9 Å². The minimum atomic E-state index is 0.174. The minimum Gasteiger partial charge on any atom is -0.330 e. The molecule has 0 saturated heterocycles. The van der Waals surface area contributed by atoms with E-state index in [-0.39, 0.29) is 11.2 Å². The molecule has 0 saturated carbocycles. The first-order valence-corrected chi connectivity index (χ1v) is 8.15. The molecule has 2 N–H and O–H groups in total. The van der Waals surface area contributed by atoms with Crippen molar-refractivity contribution in [2.75, 3.05) is 6.54 Å². The van der Waals surface area contributed by atoms with E-state index in [0.717, 1.165) is 18.4 Å². The van der Waals surface area contributed by atoms with Crippen molar-refractivity contribution in [3.05, 3.63) is 33.8 Å². The van der Waals surface area contributed by atoms with E-state index in [2.05, 4.69) is 20.8 Å². The first-order valence-electron chi connectivity index (χ1n) is 7.39. The number of carbonyl (C=O) groups is 1. The zero-order valence-electron chi connectivity index (χ0n) is 13.1. The van der Waals surface area contributed by atoms with Crippen molar-refractivity contribution in [3.63, 3.8) is 0 Å². The fourth-order valence-electron chi connectivity index (χ4n) is 2.53. The van der Waals surface area contributed by atoms with Gasteiger partial charge in [-0.05, 0) is 54.5 Å². The molecule has 0 aliphatic carbocycles. The summed E-state index contributed by atoms with van der Waals surface area (Å²) in [6, 6.07) is 5.23. The summed E-state index contributed by atoms with van der Waals surface area (Å²) >= 11 is 12.0. The van der Waals surface area contributed by atoms with Crippen LogP contribution in [0.25, 0.3) is 0 Å². The molecule has 118 valence electrons. The molecule has 1 aromatic rings. The Morgan fingerprint density at radius 3 is 2.48 bits per heavy atom. The van der Waals surface area contributed by atoms with Crippen molar-refractivity contribution >= 4 is 29.0 Å². The summed E-state index contributed by atoms with van der Waals surface area (Å²) in [6.45, 7) is 7.26. The number of hydrogen-bond donors (Lipinski definition) is 1. The SMILES string of the molecule is CC(C)(C)C(CCN)CCC(=O)Cc1cc(Cl)ccc1Cl. The molecule has 1 aromatic carbocycles. The van der Waals surface area contributed by atoms with Gasteiger partial charge in [-0.25, -0.2) is 0 Å². The van der Waals surface area contributed by atoms with Gasteiger partial charge in [0.15, 0.2) is 0 Å². The molecular weight excluding hydrogens is 305 g/mol. The minimum absolute atomic E-state index is 0.174. The zero-order chi connectivity index (χ0) is 16.0. The summed E-state index contributed by atoms with van der Waals surface area (Å²) in [5.41, 5.74) is 6.66. The van der Waals surface area contributed by atoms with E-state index >= 15 is 0 Å². The number of Topliss-reactive ketones (excluding diaryl/α,β-unsaturated/α-hetero) is 1. The maximum atomic E-state index is 12.2. The summed E-state index contributed by atoms with van der Waals surface area (Å²) < 4.78 is 0. The van der Waals surface area contributed by atoms with Gasteiger partial charge in [0.1, 0.15) is 5.78 Å². The lowest BCUT2D eigenvalue weighted by Crippen LogP contribution is -2.24. The Kier molecular flexibility index (Phi) is 7.19. The first kappa shape index (κ1) is 18.5. The molecule has 4 heteroatoms. The second kappa shape index (κ2) is 8.17. The van der Waals surface area contributed by atoms with Gasteiger partial charge in [0.05, 0.1) is 0 Å². The molecule has 0 heterocycles. The van der Waals surface area contributed by atoms with E-state index in [9.17, 15) is 4.79 Å². The molecule has 0 amide bonds. The fourth-order valence-corrected chi connectivity index (χ4v) is 2.91. The van der Waals surface area contributed by atoms with E-state index in [0.29, 0.717) is 35.3 Å². The zero-order valence-corrected chi connectivity index (χ0v) is 14.6. The second-order valence-electron chi connectivity index (χ2n) is 6.63. The van der Waals surface area contributed by atoms with E-state index in [1.807, 2.05) is 0 Å². The van der Waals surface area contributed by atoms with Crippen LogP contribution in [0.4, 0.5) is 0 Å². The average Bonchev–Trinajstić information content (AvgIpc) is 2.37. The Balaban J connectivity index is 2.59. The van der Waals surface area contributed by atoms with Crippen LogP contribution in [0.3, 0.4) is 0 Å². The number of rotatable bonds is 7. The van der Waals surface area contributed by atoms with Gasteiger partial charge in [0.25, 0.3) is 0 Å². The third kappa shape index (κ3) is 6.37. The normalized spacial score (nSPS) is 13.2. The summed E-state index contributed by atoms with van der Waals surface area (Å²) in [4.78, 5) is 12.2. The Bertz CT molecular complexity index is 480. The van der Waals surface area contributed by atoms with Gasteiger partial charge in [-0.1, -0.05) is 44.0 Å². The molecule has 0 aliphatic rings. The molecular formula is C17H25Cl2NO. The Hall–Kier alpha value is -0.570. The highest BCUT2D eigenvalue weighted by atomic mass is 35.5. The van der Waals surface area contributed by atoms with Crippen LogP contribution in [0.5, 0.6) is 0 Å². The van der Waals surface area contributed by atoms with Crippen molar-refractivity contribution in [1.82, 2.24) is 0 Å². The maximum absolute atomic E-state index is 12.2. The van der Waals surface area contributed by atoms with Crippen LogP contribution in [-0.2, 0) is 11.2 Å². The predicted molar refractivity (Wildman–Crippen MR) is 91.0 cm³/mol. The van der Waals surface area contributed by atoms with Crippen LogP contribution >= 0.6 is 23.2 Å². The maximum Gasteiger partial charge on any atom is 0.137 e. The van der Waals surface area contributed by atoms with Crippen LogP contribution in [-0.4, -0.2) is 12.3 Å². The molecule has 2 nitrogen and oxygen atoms in total. The summed E-state index contributed by atoms with van der Waals surface area (Å²) in [6.07, 6.45) is 2.73. The average molecular weight is 330 g/mol. The Morgan fingerprint density at radius 1 is 1.24 bits per heavy atom. The molecule has 0 fully saturated rings. The van der Waals surface area contributed by atoms with Crippen molar-refractivity contribution in [2.45, 2.75) is 46.5 Å². The number of halogens is 2. The molecule has 0 bridgehead atoms. The largest absolute Gasteiger partial charge is 0.330 e. The first-order chi connectivity index (χ1) is 9.74. The lowest BCUT2D eigenvalue weighted by atomic mass is 9.76. The molecule has 0 aliphatic heterocycles. The van der Waals surface area contributed by atoms with Gasteiger partial charge in [-0.2, -0.15) is 0 Å². The molecule has 1 rings (SSSR count). The fraction of sp³-hybridized carbons (Fsp3) is 0.588. The van der Waals surface area contributed by atoms with Crippen molar-refractivity contribution in [2.24, 2.45) is 17.1 Å². The number of nitrogens with two attached hydrogens (primary N) is 1. The number of carbonyl (C=O) groups excluding carboxylic acids is 1. The third-order valence-electron chi connectivity index (χ3n) is 3.91. The Labute approximate surface area is 138 Å². The lowest BCUT2D eigenvalue weighted by molar-refractivity contribution is -0.118. The van der Waals surface area contributed by atoms with Crippen LogP contribution in [0.1, 0.15) is 45.6 Å². The Morgan fingerprint density at radius 2 is 1.90 bits per heavy atom. The molecule has 0 spiro atoms. The van der Waals surface area contributed by atoms with E-state index in [1.165, 1.54) is 0 Å². The summed E-state index contributed by atoms with van der Waals surface area (Å²) in [7, 11) is 0. The third-order valence-corrected chi connectivity index (χ3v) is 4.51. The van der Waals surface area contributed by atoms with Crippen LogP contribution < -0.4 is 5.73 Å². The molecule has 1 unspecified atom stereocenters. The van der Waals surface area contributed by atoms with Crippen molar-refractivity contribution in [1.29, 1.82) is 0 Å². The molecule has 1 atom stereocenters. The molecule has 0 aromatic heterocycles. The quantitative estimate of drug-likeness (QED) is 0.773. The monoisotopic (exact) mass is 329 g/mol. The van der Waals surface area contributed by atoms with Gasteiger partial charge in [-0.3, -0.25) is 4.79 Å².